The smallest absolute Gasteiger partial charge is 0.164 e. The van der Waals surface area contributed by atoms with Crippen molar-refractivity contribution in [2.75, 3.05) is 26.2 Å². The number of piperazine rings is 1. The normalized spacial score (nSPS) is 17.9. The molecular formula is C16H18F2N2S. The highest BCUT2D eigenvalue weighted by molar-refractivity contribution is 7.08. The molecule has 5 heteroatoms. The predicted octanol–water partition coefficient (Wildman–Crippen LogP) is 3.33. The van der Waals surface area contributed by atoms with Crippen molar-refractivity contribution >= 4 is 11.3 Å². The first-order valence-corrected chi connectivity index (χ1v) is 8.04. The molecule has 1 aliphatic rings. The molecular weight excluding hydrogens is 290 g/mol. The summed E-state index contributed by atoms with van der Waals surface area (Å²) in [5, 5.41) is 7.29. The van der Waals surface area contributed by atoms with E-state index in [1.165, 1.54) is 0 Å². The van der Waals surface area contributed by atoms with Crippen molar-refractivity contribution in [2.24, 2.45) is 0 Å². The number of halogens is 2. The second kappa shape index (κ2) is 6.22. The minimum absolute atomic E-state index is 0.214. The summed E-state index contributed by atoms with van der Waals surface area (Å²) in [5.74, 6) is -1.45. The molecule has 112 valence electrons. The number of hydrogen-bond acceptors (Lipinski definition) is 3. The molecule has 0 aliphatic carbocycles. The first kappa shape index (κ1) is 14.6. The van der Waals surface area contributed by atoms with E-state index in [-0.39, 0.29) is 6.04 Å². The Hall–Kier alpha value is -1.30. The fourth-order valence-corrected chi connectivity index (χ4v) is 3.51. The average molecular weight is 308 g/mol. The van der Waals surface area contributed by atoms with Gasteiger partial charge < -0.3 is 5.32 Å². The maximum Gasteiger partial charge on any atom is 0.164 e. The van der Waals surface area contributed by atoms with Crippen LogP contribution in [0.3, 0.4) is 0 Å². The molecule has 0 saturated carbocycles. The molecule has 1 N–H and O–H groups in total. The van der Waals surface area contributed by atoms with E-state index in [1.54, 1.807) is 30.4 Å². The van der Waals surface area contributed by atoms with E-state index in [2.05, 4.69) is 10.2 Å². The molecule has 0 unspecified atom stereocenters. The number of aryl methyl sites for hydroxylation is 1. The van der Waals surface area contributed by atoms with Gasteiger partial charge in [-0.05, 0) is 34.9 Å². The van der Waals surface area contributed by atoms with Crippen molar-refractivity contribution < 1.29 is 8.78 Å². The van der Waals surface area contributed by atoms with Crippen molar-refractivity contribution in [3.8, 4) is 0 Å². The van der Waals surface area contributed by atoms with Crippen LogP contribution in [0.5, 0.6) is 0 Å². The summed E-state index contributed by atoms with van der Waals surface area (Å²) in [4.78, 5) is 2.21. The van der Waals surface area contributed by atoms with Crippen LogP contribution in [0.1, 0.15) is 22.7 Å². The minimum atomic E-state index is -0.733. The van der Waals surface area contributed by atoms with Gasteiger partial charge in [0.25, 0.3) is 0 Å². The summed E-state index contributed by atoms with van der Waals surface area (Å²) >= 11 is 1.58. The van der Waals surface area contributed by atoms with Crippen molar-refractivity contribution in [1.29, 1.82) is 0 Å². The molecule has 1 aromatic heterocycles. The molecule has 0 spiro atoms. The van der Waals surface area contributed by atoms with Crippen LogP contribution in [0.2, 0.25) is 0 Å². The second-order valence-electron chi connectivity index (χ2n) is 5.34. The lowest BCUT2D eigenvalue weighted by atomic mass is 9.97. The van der Waals surface area contributed by atoms with Crippen molar-refractivity contribution in [3.05, 3.63) is 57.3 Å². The van der Waals surface area contributed by atoms with Gasteiger partial charge in [-0.1, -0.05) is 12.1 Å². The Morgan fingerprint density at radius 2 is 1.90 bits per heavy atom. The van der Waals surface area contributed by atoms with E-state index < -0.39 is 11.6 Å². The quantitative estimate of drug-likeness (QED) is 0.935. The van der Waals surface area contributed by atoms with Gasteiger partial charge in [0.2, 0.25) is 0 Å². The third kappa shape index (κ3) is 2.86. The summed E-state index contributed by atoms with van der Waals surface area (Å²) in [5.41, 5.74) is 1.81. The van der Waals surface area contributed by atoms with E-state index in [0.29, 0.717) is 11.1 Å². The minimum Gasteiger partial charge on any atom is -0.314 e. The summed E-state index contributed by atoms with van der Waals surface area (Å²) in [6, 6.07) is 5.16. The first-order valence-electron chi connectivity index (χ1n) is 7.10. The predicted molar refractivity (Wildman–Crippen MR) is 81.7 cm³/mol. The highest BCUT2D eigenvalue weighted by Gasteiger charge is 2.28. The van der Waals surface area contributed by atoms with E-state index in [1.807, 2.05) is 16.8 Å². The SMILES string of the molecule is Cc1ccc([C@H](c2ccsc2)N2CCNCC2)c(F)c1F. The Kier molecular flexibility index (Phi) is 4.33. The van der Waals surface area contributed by atoms with Gasteiger partial charge in [0, 0.05) is 31.7 Å². The van der Waals surface area contributed by atoms with E-state index >= 15 is 0 Å². The molecule has 2 heterocycles. The van der Waals surface area contributed by atoms with Gasteiger partial charge >= 0.3 is 0 Å². The number of nitrogens with one attached hydrogen (secondary N) is 1. The molecule has 1 atom stereocenters. The van der Waals surface area contributed by atoms with Gasteiger partial charge in [-0.25, -0.2) is 8.78 Å². The third-order valence-corrected chi connectivity index (χ3v) is 4.68. The van der Waals surface area contributed by atoms with E-state index in [9.17, 15) is 8.78 Å². The van der Waals surface area contributed by atoms with Gasteiger partial charge in [-0.3, -0.25) is 4.90 Å². The van der Waals surface area contributed by atoms with Gasteiger partial charge in [0.15, 0.2) is 11.6 Å². The summed E-state index contributed by atoms with van der Waals surface area (Å²) in [6.07, 6.45) is 0. The molecule has 1 aliphatic heterocycles. The first-order chi connectivity index (χ1) is 10.2. The molecule has 0 radical (unpaired) electrons. The largest absolute Gasteiger partial charge is 0.314 e. The van der Waals surface area contributed by atoms with E-state index in [0.717, 1.165) is 31.7 Å². The van der Waals surface area contributed by atoms with Crippen LogP contribution in [0.25, 0.3) is 0 Å². The van der Waals surface area contributed by atoms with Gasteiger partial charge in [-0.2, -0.15) is 11.3 Å². The van der Waals surface area contributed by atoms with Crippen molar-refractivity contribution in [1.82, 2.24) is 10.2 Å². The topological polar surface area (TPSA) is 15.3 Å². The number of hydrogen-bond donors (Lipinski definition) is 1. The maximum absolute atomic E-state index is 14.4. The Morgan fingerprint density at radius 1 is 1.14 bits per heavy atom. The Balaban J connectivity index is 2.05. The van der Waals surface area contributed by atoms with Crippen LogP contribution >= 0.6 is 11.3 Å². The standard InChI is InChI=1S/C16H18F2N2S/c1-11-2-3-13(15(18)14(11)17)16(12-4-9-21-10-12)20-7-5-19-6-8-20/h2-4,9-10,16,19H,5-8H2,1H3/t16-/m0/s1. The molecule has 0 amide bonds. The average Bonchev–Trinajstić information content (AvgIpc) is 3.03. The van der Waals surface area contributed by atoms with Gasteiger partial charge in [0.05, 0.1) is 6.04 Å². The lowest BCUT2D eigenvalue weighted by molar-refractivity contribution is 0.195. The van der Waals surface area contributed by atoms with Gasteiger partial charge in [-0.15, -0.1) is 0 Å². The Bertz CT molecular complexity index is 607. The van der Waals surface area contributed by atoms with Crippen molar-refractivity contribution in [2.45, 2.75) is 13.0 Å². The number of benzene rings is 1. The summed E-state index contributed by atoms with van der Waals surface area (Å²) in [7, 11) is 0. The molecule has 0 bridgehead atoms. The van der Waals surface area contributed by atoms with Gasteiger partial charge in [0.1, 0.15) is 0 Å². The zero-order valence-electron chi connectivity index (χ0n) is 11.9. The third-order valence-electron chi connectivity index (χ3n) is 3.98. The van der Waals surface area contributed by atoms with Crippen LogP contribution in [-0.4, -0.2) is 31.1 Å². The van der Waals surface area contributed by atoms with Crippen molar-refractivity contribution in [3.63, 3.8) is 0 Å². The van der Waals surface area contributed by atoms with E-state index in [4.69, 9.17) is 0 Å². The molecule has 21 heavy (non-hydrogen) atoms. The number of rotatable bonds is 3. The molecule has 1 saturated heterocycles. The fourth-order valence-electron chi connectivity index (χ4n) is 2.83. The Morgan fingerprint density at radius 3 is 2.57 bits per heavy atom. The summed E-state index contributed by atoms with van der Waals surface area (Å²) < 4.78 is 28.4. The number of nitrogens with zero attached hydrogens (tertiary/aromatic N) is 1. The second-order valence-corrected chi connectivity index (χ2v) is 6.12. The molecule has 2 nitrogen and oxygen atoms in total. The number of thiophene rings is 1. The van der Waals surface area contributed by atoms with Crippen LogP contribution in [-0.2, 0) is 0 Å². The lowest BCUT2D eigenvalue weighted by Crippen LogP contribution is -2.45. The van der Waals surface area contributed by atoms with Crippen LogP contribution < -0.4 is 5.32 Å². The van der Waals surface area contributed by atoms with Crippen LogP contribution in [0.15, 0.2) is 29.0 Å². The molecule has 1 fully saturated rings. The highest BCUT2D eigenvalue weighted by Crippen LogP contribution is 2.33. The van der Waals surface area contributed by atoms with Crippen LogP contribution in [0, 0.1) is 18.6 Å². The zero-order valence-corrected chi connectivity index (χ0v) is 12.7. The Labute approximate surface area is 127 Å². The monoisotopic (exact) mass is 308 g/mol. The molecule has 1 aromatic carbocycles. The van der Waals surface area contributed by atoms with Crippen LogP contribution in [0.4, 0.5) is 8.78 Å². The zero-order chi connectivity index (χ0) is 14.8. The molecule has 2 aromatic rings. The molecule has 3 rings (SSSR count). The lowest BCUT2D eigenvalue weighted by Gasteiger charge is -2.35. The summed E-state index contributed by atoms with van der Waals surface area (Å²) in [6.45, 7) is 4.99. The fraction of sp³-hybridized carbons (Fsp3) is 0.375. The highest BCUT2D eigenvalue weighted by atomic mass is 32.1. The maximum atomic E-state index is 14.4.